The Kier molecular flexibility index (Phi) is 4.93. The van der Waals surface area contributed by atoms with Gasteiger partial charge >= 0.3 is 11.9 Å². The average Bonchev–Trinajstić information content (AvgIpc) is 2.48. The van der Waals surface area contributed by atoms with E-state index in [1.165, 1.54) is 19.9 Å². The van der Waals surface area contributed by atoms with E-state index in [4.69, 9.17) is 14.2 Å². The van der Waals surface area contributed by atoms with Crippen molar-refractivity contribution in [3.8, 4) is 0 Å². The summed E-state index contributed by atoms with van der Waals surface area (Å²) in [6.07, 6.45) is -0.711. The zero-order valence-electron chi connectivity index (χ0n) is 12.3. The van der Waals surface area contributed by atoms with Crippen molar-refractivity contribution >= 4 is 23.5 Å². The largest absolute Gasteiger partial charge is 0.482 e. The number of benzene rings is 1. The lowest BCUT2D eigenvalue weighted by Gasteiger charge is -2.30. The maximum absolute atomic E-state index is 12.2. The molecule has 22 heavy (non-hydrogen) atoms. The van der Waals surface area contributed by atoms with Gasteiger partial charge in [-0.15, -0.1) is 0 Å². The molecule has 0 aliphatic carbocycles. The molecule has 0 bridgehead atoms. The molecule has 0 unspecified atom stereocenters. The molecule has 1 aliphatic heterocycles. The Morgan fingerprint density at radius 3 is 2.41 bits per heavy atom. The van der Waals surface area contributed by atoms with Crippen LogP contribution in [0.5, 0.6) is 0 Å². The molecule has 0 amide bonds. The van der Waals surface area contributed by atoms with Crippen LogP contribution < -0.4 is 0 Å². The summed E-state index contributed by atoms with van der Waals surface area (Å²) in [4.78, 5) is 34.3. The summed E-state index contributed by atoms with van der Waals surface area (Å²) in [5.41, 5.74) is 0.713. The van der Waals surface area contributed by atoms with Crippen molar-refractivity contribution in [3.63, 3.8) is 0 Å². The third kappa shape index (κ3) is 3.94. The van der Waals surface area contributed by atoms with Gasteiger partial charge < -0.3 is 14.2 Å². The smallest absolute Gasteiger partial charge is 0.303 e. The van der Waals surface area contributed by atoms with Crippen molar-refractivity contribution in [1.82, 2.24) is 0 Å². The quantitative estimate of drug-likeness (QED) is 0.784. The van der Waals surface area contributed by atoms with Gasteiger partial charge in [-0.25, -0.2) is 0 Å². The zero-order valence-corrected chi connectivity index (χ0v) is 12.3. The SMILES string of the molecule is CC(=O)OC[C@H]1OC(c2ccccc2)=CC(=O)[C@@H]1OC(C)=O. The van der Waals surface area contributed by atoms with Crippen molar-refractivity contribution in [2.45, 2.75) is 26.1 Å². The van der Waals surface area contributed by atoms with Gasteiger partial charge in [0.25, 0.3) is 0 Å². The number of hydrogen-bond donors (Lipinski definition) is 0. The van der Waals surface area contributed by atoms with Crippen molar-refractivity contribution in [2.75, 3.05) is 6.61 Å². The van der Waals surface area contributed by atoms with E-state index in [-0.39, 0.29) is 6.61 Å². The van der Waals surface area contributed by atoms with Crippen LogP contribution in [-0.4, -0.2) is 36.5 Å². The molecule has 2 rings (SSSR count). The van der Waals surface area contributed by atoms with Crippen LogP contribution >= 0.6 is 0 Å². The van der Waals surface area contributed by atoms with E-state index in [1.807, 2.05) is 18.2 Å². The molecule has 6 nitrogen and oxygen atoms in total. The highest BCUT2D eigenvalue weighted by Crippen LogP contribution is 2.25. The zero-order chi connectivity index (χ0) is 16.1. The Morgan fingerprint density at radius 1 is 1.14 bits per heavy atom. The van der Waals surface area contributed by atoms with Gasteiger partial charge in [-0.1, -0.05) is 30.3 Å². The fourth-order valence-corrected chi connectivity index (χ4v) is 2.04. The van der Waals surface area contributed by atoms with E-state index in [0.29, 0.717) is 11.3 Å². The van der Waals surface area contributed by atoms with Crippen LogP contribution in [0.15, 0.2) is 36.4 Å². The van der Waals surface area contributed by atoms with Gasteiger partial charge in [-0.3, -0.25) is 14.4 Å². The highest BCUT2D eigenvalue weighted by Gasteiger charge is 2.37. The van der Waals surface area contributed by atoms with E-state index in [2.05, 4.69) is 0 Å². The minimum absolute atomic E-state index is 0.177. The molecule has 0 spiro atoms. The molecule has 1 heterocycles. The lowest BCUT2D eigenvalue weighted by atomic mass is 10.0. The average molecular weight is 304 g/mol. The standard InChI is InChI=1S/C16H16O6/c1-10(17)20-9-15-16(21-11(2)18)13(19)8-14(22-15)12-6-4-3-5-7-12/h3-8,15-16H,9H2,1-2H3/t15-,16+/m1/s1. The Hall–Kier alpha value is -2.63. The Bertz CT molecular complexity index is 604. The van der Waals surface area contributed by atoms with Gasteiger partial charge in [0.15, 0.2) is 6.10 Å². The van der Waals surface area contributed by atoms with Crippen LogP contribution in [0.25, 0.3) is 5.76 Å². The number of esters is 2. The number of ether oxygens (including phenoxy) is 3. The number of hydrogen-bond acceptors (Lipinski definition) is 6. The monoisotopic (exact) mass is 304 g/mol. The summed E-state index contributed by atoms with van der Waals surface area (Å²) in [5.74, 6) is -1.16. The van der Waals surface area contributed by atoms with Gasteiger partial charge in [0.2, 0.25) is 11.9 Å². The topological polar surface area (TPSA) is 78.9 Å². The molecule has 0 saturated heterocycles. The molecule has 116 valence electrons. The summed E-state index contributed by atoms with van der Waals surface area (Å²) in [6, 6.07) is 9.03. The molecule has 1 aromatic carbocycles. The minimum atomic E-state index is -1.12. The van der Waals surface area contributed by atoms with Gasteiger partial charge in [-0.2, -0.15) is 0 Å². The van der Waals surface area contributed by atoms with Crippen LogP contribution in [-0.2, 0) is 28.6 Å². The van der Waals surface area contributed by atoms with E-state index >= 15 is 0 Å². The van der Waals surface area contributed by atoms with E-state index in [9.17, 15) is 14.4 Å². The summed E-state index contributed by atoms with van der Waals surface area (Å²) < 4.78 is 15.6. The summed E-state index contributed by atoms with van der Waals surface area (Å²) in [5, 5.41) is 0. The first-order valence-electron chi connectivity index (χ1n) is 6.75. The molecule has 0 N–H and O–H groups in total. The molecule has 1 aliphatic rings. The number of rotatable bonds is 4. The van der Waals surface area contributed by atoms with Gasteiger partial charge in [0.1, 0.15) is 12.4 Å². The number of ketones is 1. The van der Waals surface area contributed by atoms with Crippen LogP contribution in [0.1, 0.15) is 19.4 Å². The second-order valence-electron chi connectivity index (χ2n) is 4.77. The van der Waals surface area contributed by atoms with Crippen molar-refractivity contribution in [1.29, 1.82) is 0 Å². The molecule has 0 radical (unpaired) electrons. The number of carbonyl (C=O) groups is 3. The third-order valence-corrected chi connectivity index (χ3v) is 2.97. The second-order valence-corrected chi connectivity index (χ2v) is 4.77. The molecule has 0 saturated carbocycles. The normalized spacial score (nSPS) is 20.6. The van der Waals surface area contributed by atoms with E-state index < -0.39 is 29.9 Å². The predicted molar refractivity (Wildman–Crippen MR) is 76.5 cm³/mol. The highest BCUT2D eigenvalue weighted by atomic mass is 16.6. The number of carbonyl (C=O) groups excluding carboxylic acids is 3. The molecule has 0 aromatic heterocycles. The van der Waals surface area contributed by atoms with Gasteiger partial charge in [0.05, 0.1) is 0 Å². The second kappa shape index (κ2) is 6.89. The molecular weight excluding hydrogens is 288 g/mol. The summed E-state index contributed by atoms with van der Waals surface area (Å²) in [7, 11) is 0. The van der Waals surface area contributed by atoms with Gasteiger partial charge in [-0.05, 0) is 0 Å². The fraction of sp³-hybridized carbons (Fsp3) is 0.312. The van der Waals surface area contributed by atoms with Crippen molar-refractivity contribution in [2.24, 2.45) is 0 Å². The molecule has 1 aromatic rings. The maximum Gasteiger partial charge on any atom is 0.303 e. The highest BCUT2D eigenvalue weighted by molar-refractivity contribution is 6.01. The predicted octanol–water partition coefficient (Wildman–Crippen LogP) is 1.49. The van der Waals surface area contributed by atoms with Crippen LogP contribution in [0.4, 0.5) is 0 Å². The van der Waals surface area contributed by atoms with E-state index in [0.717, 1.165) is 0 Å². The first-order valence-corrected chi connectivity index (χ1v) is 6.75. The molecule has 2 atom stereocenters. The fourth-order valence-electron chi connectivity index (χ4n) is 2.04. The Morgan fingerprint density at radius 2 is 1.82 bits per heavy atom. The first kappa shape index (κ1) is 15.8. The summed E-state index contributed by atoms with van der Waals surface area (Å²) in [6.45, 7) is 2.27. The minimum Gasteiger partial charge on any atom is -0.482 e. The molecular formula is C16H16O6. The third-order valence-electron chi connectivity index (χ3n) is 2.97. The van der Waals surface area contributed by atoms with Crippen LogP contribution in [0.3, 0.4) is 0 Å². The maximum atomic E-state index is 12.2. The van der Waals surface area contributed by atoms with Gasteiger partial charge in [0, 0.05) is 25.5 Å². The Labute approximate surface area is 127 Å². The van der Waals surface area contributed by atoms with E-state index in [1.54, 1.807) is 12.1 Å². The molecule has 6 heteroatoms. The molecule has 0 fully saturated rings. The first-order chi connectivity index (χ1) is 10.5. The Balaban J connectivity index is 2.24. The lowest BCUT2D eigenvalue weighted by Crippen LogP contribution is -2.44. The van der Waals surface area contributed by atoms with Crippen molar-refractivity contribution in [3.05, 3.63) is 42.0 Å². The van der Waals surface area contributed by atoms with Crippen LogP contribution in [0, 0.1) is 0 Å². The van der Waals surface area contributed by atoms with Crippen LogP contribution in [0.2, 0.25) is 0 Å². The lowest BCUT2D eigenvalue weighted by molar-refractivity contribution is -0.164. The van der Waals surface area contributed by atoms with Crippen molar-refractivity contribution < 1.29 is 28.6 Å². The summed E-state index contributed by atoms with van der Waals surface area (Å²) >= 11 is 0.